The molecular weight excluding hydrogens is 370 g/mol. The van der Waals surface area contributed by atoms with Crippen LogP contribution in [0.25, 0.3) is 11.0 Å². The molecule has 0 radical (unpaired) electrons. The first kappa shape index (κ1) is 19.2. The van der Waals surface area contributed by atoms with Gasteiger partial charge in [-0.1, -0.05) is 6.07 Å². The van der Waals surface area contributed by atoms with Crippen molar-refractivity contribution in [3.63, 3.8) is 0 Å². The van der Waals surface area contributed by atoms with Crippen molar-refractivity contribution in [1.82, 2.24) is 5.32 Å². The summed E-state index contributed by atoms with van der Waals surface area (Å²) in [6.45, 7) is 0.343. The van der Waals surface area contributed by atoms with E-state index in [-0.39, 0.29) is 12.5 Å². The molecule has 0 unspecified atom stereocenters. The van der Waals surface area contributed by atoms with Crippen LogP contribution in [-0.4, -0.2) is 26.7 Å². The number of rotatable bonds is 7. The largest absolute Gasteiger partial charge is 0.493 e. The summed E-state index contributed by atoms with van der Waals surface area (Å²) in [5, 5.41) is 3.96. The number of fused-ring (bicyclic) bond motifs is 3. The number of furan rings is 1. The minimum absolute atomic E-state index is 0.0428. The third-order valence-corrected chi connectivity index (χ3v) is 5.23. The van der Waals surface area contributed by atoms with Crippen molar-refractivity contribution < 1.29 is 23.4 Å². The number of nitrogens with one attached hydrogen (secondary N) is 1. The van der Waals surface area contributed by atoms with E-state index in [0.717, 1.165) is 35.1 Å². The first-order valence-electron chi connectivity index (χ1n) is 9.82. The van der Waals surface area contributed by atoms with Gasteiger partial charge in [0.15, 0.2) is 18.1 Å². The summed E-state index contributed by atoms with van der Waals surface area (Å²) in [6.07, 6.45) is 4.40. The molecular formula is C23H25NO5. The predicted molar refractivity (Wildman–Crippen MR) is 110 cm³/mol. The first-order chi connectivity index (χ1) is 14.2. The molecule has 0 saturated heterocycles. The van der Waals surface area contributed by atoms with Gasteiger partial charge in [0.1, 0.15) is 17.1 Å². The van der Waals surface area contributed by atoms with Crippen LogP contribution in [0, 0.1) is 0 Å². The van der Waals surface area contributed by atoms with Crippen LogP contribution in [0.5, 0.6) is 17.2 Å². The SMILES string of the molecule is COc1ccc(CNC(=O)COc2ccc3oc4c(c3c2)CCCC4)cc1OC. The molecule has 29 heavy (non-hydrogen) atoms. The number of carbonyl (C=O) groups excluding carboxylic acids is 1. The number of amides is 1. The summed E-state index contributed by atoms with van der Waals surface area (Å²) >= 11 is 0. The molecule has 0 fully saturated rings. The van der Waals surface area contributed by atoms with Crippen LogP contribution in [0.1, 0.15) is 29.7 Å². The molecule has 0 spiro atoms. The Kier molecular flexibility index (Phi) is 5.60. The number of aryl methyl sites for hydroxylation is 2. The number of ether oxygens (including phenoxy) is 3. The first-order valence-corrected chi connectivity index (χ1v) is 9.82. The van der Waals surface area contributed by atoms with Crippen LogP contribution in [0.2, 0.25) is 0 Å². The van der Waals surface area contributed by atoms with Gasteiger partial charge in [0.2, 0.25) is 0 Å². The molecule has 0 bridgehead atoms. The van der Waals surface area contributed by atoms with Gasteiger partial charge >= 0.3 is 0 Å². The Balaban J connectivity index is 1.35. The Morgan fingerprint density at radius 3 is 2.69 bits per heavy atom. The van der Waals surface area contributed by atoms with Gasteiger partial charge in [0, 0.05) is 23.9 Å². The van der Waals surface area contributed by atoms with Crippen LogP contribution >= 0.6 is 0 Å². The lowest BCUT2D eigenvalue weighted by Gasteiger charge is -2.11. The number of hydrogen-bond acceptors (Lipinski definition) is 5. The number of methoxy groups -OCH3 is 2. The molecule has 0 saturated carbocycles. The van der Waals surface area contributed by atoms with Gasteiger partial charge in [0.05, 0.1) is 14.2 Å². The van der Waals surface area contributed by atoms with Crippen molar-refractivity contribution in [1.29, 1.82) is 0 Å². The van der Waals surface area contributed by atoms with E-state index in [1.54, 1.807) is 14.2 Å². The summed E-state index contributed by atoms with van der Waals surface area (Å²) in [5.74, 6) is 2.87. The molecule has 1 aliphatic rings. The average molecular weight is 395 g/mol. The second kappa shape index (κ2) is 8.47. The highest BCUT2D eigenvalue weighted by atomic mass is 16.5. The Morgan fingerprint density at radius 1 is 1.03 bits per heavy atom. The smallest absolute Gasteiger partial charge is 0.258 e. The van der Waals surface area contributed by atoms with Crippen LogP contribution in [0.3, 0.4) is 0 Å². The lowest BCUT2D eigenvalue weighted by Crippen LogP contribution is -2.28. The number of benzene rings is 2. The van der Waals surface area contributed by atoms with E-state index in [1.807, 2.05) is 36.4 Å². The zero-order valence-corrected chi connectivity index (χ0v) is 16.7. The lowest BCUT2D eigenvalue weighted by molar-refractivity contribution is -0.123. The highest BCUT2D eigenvalue weighted by molar-refractivity contribution is 5.84. The Labute approximate surface area is 169 Å². The van der Waals surface area contributed by atoms with Crippen molar-refractivity contribution in [3.05, 3.63) is 53.3 Å². The third kappa shape index (κ3) is 4.16. The maximum absolute atomic E-state index is 12.2. The van der Waals surface area contributed by atoms with E-state index in [9.17, 15) is 4.79 Å². The van der Waals surface area contributed by atoms with Crippen molar-refractivity contribution in [3.8, 4) is 17.2 Å². The Hall–Kier alpha value is -3.15. The standard InChI is InChI=1S/C23H25NO5/c1-26-21-9-7-15(11-22(21)27-2)13-24-23(25)14-28-16-8-10-20-18(12-16)17-5-3-4-6-19(17)29-20/h7-12H,3-6,13-14H2,1-2H3,(H,24,25). The van der Waals surface area contributed by atoms with E-state index >= 15 is 0 Å². The van der Waals surface area contributed by atoms with E-state index in [4.69, 9.17) is 18.6 Å². The third-order valence-electron chi connectivity index (χ3n) is 5.23. The fourth-order valence-corrected chi connectivity index (χ4v) is 3.72. The second-order valence-electron chi connectivity index (χ2n) is 7.12. The number of hydrogen-bond donors (Lipinski definition) is 1. The molecule has 0 atom stereocenters. The zero-order valence-electron chi connectivity index (χ0n) is 16.7. The fraction of sp³-hybridized carbons (Fsp3) is 0.348. The zero-order chi connectivity index (χ0) is 20.2. The lowest BCUT2D eigenvalue weighted by atomic mass is 9.96. The molecule has 6 heteroatoms. The summed E-state index contributed by atoms with van der Waals surface area (Å²) in [7, 11) is 3.18. The summed E-state index contributed by atoms with van der Waals surface area (Å²) in [4.78, 5) is 12.2. The molecule has 6 nitrogen and oxygen atoms in total. The monoisotopic (exact) mass is 395 g/mol. The molecule has 2 aromatic carbocycles. The van der Waals surface area contributed by atoms with E-state index in [0.29, 0.717) is 23.8 Å². The number of carbonyl (C=O) groups is 1. The molecule has 3 aromatic rings. The molecule has 1 aromatic heterocycles. The average Bonchev–Trinajstić information content (AvgIpc) is 3.14. The van der Waals surface area contributed by atoms with Gasteiger partial charge in [-0.25, -0.2) is 0 Å². The van der Waals surface area contributed by atoms with Gasteiger partial charge < -0.3 is 23.9 Å². The van der Waals surface area contributed by atoms with E-state index in [1.165, 1.54) is 18.4 Å². The highest BCUT2D eigenvalue weighted by Gasteiger charge is 2.18. The van der Waals surface area contributed by atoms with Gasteiger partial charge in [-0.3, -0.25) is 4.79 Å². The quantitative estimate of drug-likeness (QED) is 0.654. The van der Waals surface area contributed by atoms with Gasteiger partial charge in [-0.05, 0) is 55.2 Å². The van der Waals surface area contributed by atoms with Crippen molar-refractivity contribution in [2.45, 2.75) is 32.2 Å². The maximum atomic E-state index is 12.2. The van der Waals surface area contributed by atoms with Crippen LogP contribution < -0.4 is 19.5 Å². The predicted octanol–water partition coefficient (Wildman–Crippen LogP) is 4.02. The van der Waals surface area contributed by atoms with Crippen LogP contribution in [-0.2, 0) is 24.2 Å². The molecule has 0 aliphatic heterocycles. The Morgan fingerprint density at radius 2 is 1.86 bits per heavy atom. The molecule has 1 N–H and O–H groups in total. The molecule has 1 amide bonds. The summed E-state index contributed by atoms with van der Waals surface area (Å²) in [5.41, 5.74) is 3.10. The van der Waals surface area contributed by atoms with Crippen molar-refractivity contribution in [2.24, 2.45) is 0 Å². The fourth-order valence-electron chi connectivity index (χ4n) is 3.72. The molecule has 1 aliphatic carbocycles. The van der Waals surface area contributed by atoms with Crippen LogP contribution in [0.15, 0.2) is 40.8 Å². The second-order valence-corrected chi connectivity index (χ2v) is 7.12. The van der Waals surface area contributed by atoms with Gasteiger partial charge in [-0.2, -0.15) is 0 Å². The van der Waals surface area contributed by atoms with E-state index in [2.05, 4.69) is 5.32 Å². The van der Waals surface area contributed by atoms with E-state index < -0.39 is 0 Å². The molecule has 4 rings (SSSR count). The maximum Gasteiger partial charge on any atom is 0.258 e. The minimum Gasteiger partial charge on any atom is -0.493 e. The van der Waals surface area contributed by atoms with Crippen molar-refractivity contribution >= 4 is 16.9 Å². The molecule has 1 heterocycles. The summed E-state index contributed by atoms with van der Waals surface area (Å²) < 4.78 is 22.2. The van der Waals surface area contributed by atoms with Gasteiger partial charge in [0.25, 0.3) is 5.91 Å². The summed E-state index contributed by atoms with van der Waals surface area (Å²) in [6, 6.07) is 11.3. The minimum atomic E-state index is -0.186. The Bertz CT molecular complexity index is 1020. The molecule has 152 valence electrons. The topological polar surface area (TPSA) is 69.9 Å². The van der Waals surface area contributed by atoms with Crippen molar-refractivity contribution in [2.75, 3.05) is 20.8 Å². The van der Waals surface area contributed by atoms with Crippen LogP contribution in [0.4, 0.5) is 0 Å². The highest BCUT2D eigenvalue weighted by Crippen LogP contribution is 2.34. The van der Waals surface area contributed by atoms with Gasteiger partial charge in [-0.15, -0.1) is 0 Å². The normalized spacial score (nSPS) is 13.0.